The van der Waals surface area contributed by atoms with Gasteiger partial charge in [0.05, 0.1) is 19.3 Å². The summed E-state index contributed by atoms with van der Waals surface area (Å²) in [7, 11) is 0. The molecule has 2 aliphatic rings. The number of rotatable bonds is 2. The van der Waals surface area contributed by atoms with Gasteiger partial charge in [-0.15, -0.1) is 0 Å². The van der Waals surface area contributed by atoms with Crippen molar-refractivity contribution in [2.24, 2.45) is 0 Å². The lowest BCUT2D eigenvalue weighted by atomic mass is 9.93. The number of nitrogens with zero attached hydrogens (tertiary/aromatic N) is 1. The van der Waals surface area contributed by atoms with Crippen molar-refractivity contribution in [1.82, 2.24) is 0 Å². The van der Waals surface area contributed by atoms with Gasteiger partial charge < -0.3 is 9.47 Å². The molecule has 0 radical (unpaired) electrons. The summed E-state index contributed by atoms with van der Waals surface area (Å²) in [6.07, 6.45) is 3.25. The molecule has 0 aliphatic carbocycles. The zero-order valence-electron chi connectivity index (χ0n) is 10.0. The molecule has 0 atom stereocenters. The van der Waals surface area contributed by atoms with Crippen LogP contribution in [0, 0.1) is 18.3 Å². The summed E-state index contributed by atoms with van der Waals surface area (Å²) in [4.78, 5) is 0. The Hall–Kier alpha value is -1.69. The van der Waals surface area contributed by atoms with Crippen molar-refractivity contribution < 1.29 is 9.47 Å². The van der Waals surface area contributed by atoms with Crippen molar-refractivity contribution in [3.63, 3.8) is 0 Å². The Kier molecular flexibility index (Phi) is 2.44. The summed E-state index contributed by atoms with van der Waals surface area (Å²) in [5.74, 6) is 2.10. The van der Waals surface area contributed by atoms with E-state index in [9.17, 15) is 0 Å². The van der Waals surface area contributed by atoms with Crippen molar-refractivity contribution >= 4 is 0 Å². The maximum atomic E-state index is 8.76. The van der Waals surface area contributed by atoms with Crippen molar-refractivity contribution in [3.05, 3.63) is 22.3 Å². The number of hydrogen-bond donors (Lipinski definition) is 0. The molecule has 3 rings (SSSR count). The molecule has 0 saturated heterocycles. The predicted molar refractivity (Wildman–Crippen MR) is 63.5 cm³/mol. The molecule has 2 heterocycles. The Labute approximate surface area is 101 Å². The molecule has 0 saturated carbocycles. The molecule has 0 N–H and O–H groups in total. The number of hydrogen-bond acceptors (Lipinski definition) is 3. The second-order valence-electron chi connectivity index (χ2n) is 4.57. The van der Waals surface area contributed by atoms with E-state index < -0.39 is 0 Å². The van der Waals surface area contributed by atoms with E-state index in [1.807, 2.05) is 0 Å². The van der Waals surface area contributed by atoms with Crippen LogP contribution >= 0.6 is 0 Å². The van der Waals surface area contributed by atoms with Gasteiger partial charge in [-0.25, -0.2) is 0 Å². The van der Waals surface area contributed by atoms with Gasteiger partial charge in [0, 0.05) is 36.0 Å². The molecule has 1 aromatic carbocycles. The molecular formula is C14H15NO2. The van der Waals surface area contributed by atoms with Crippen LogP contribution in [0.4, 0.5) is 0 Å². The summed E-state index contributed by atoms with van der Waals surface area (Å²) in [5.41, 5.74) is 5.03. The van der Waals surface area contributed by atoms with Gasteiger partial charge in [-0.05, 0) is 18.9 Å². The lowest BCUT2D eigenvalue weighted by Crippen LogP contribution is -1.98. The van der Waals surface area contributed by atoms with Crippen molar-refractivity contribution in [2.45, 2.75) is 32.6 Å². The van der Waals surface area contributed by atoms with Gasteiger partial charge in [0.2, 0.25) is 0 Å². The third kappa shape index (κ3) is 1.48. The number of nitriles is 1. The number of fused-ring (bicyclic) bond motifs is 2. The Bertz CT molecular complexity index is 479. The van der Waals surface area contributed by atoms with Crippen LogP contribution in [0.2, 0.25) is 0 Å². The molecule has 88 valence electrons. The van der Waals surface area contributed by atoms with E-state index in [4.69, 9.17) is 14.7 Å². The van der Waals surface area contributed by atoms with E-state index in [-0.39, 0.29) is 0 Å². The van der Waals surface area contributed by atoms with E-state index in [1.54, 1.807) is 0 Å². The monoisotopic (exact) mass is 229 g/mol. The first-order chi connectivity index (χ1) is 8.33. The second kappa shape index (κ2) is 3.96. The lowest BCUT2D eigenvalue weighted by Gasteiger charge is -2.14. The maximum Gasteiger partial charge on any atom is 0.126 e. The van der Waals surface area contributed by atoms with Gasteiger partial charge in [-0.1, -0.05) is 0 Å². The first-order valence-corrected chi connectivity index (χ1v) is 6.12. The third-order valence-corrected chi connectivity index (χ3v) is 3.66. The molecule has 0 aromatic heterocycles. The zero-order valence-corrected chi connectivity index (χ0v) is 10.0. The largest absolute Gasteiger partial charge is 0.493 e. The van der Waals surface area contributed by atoms with Crippen LogP contribution in [0.3, 0.4) is 0 Å². The first kappa shape index (κ1) is 10.5. The van der Waals surface area contributed by atoms with Gasteiger partial charge in [-0.3, -0.25) is 0 Å². The van der Waals surface area contributed by atoms with Gasteiger partial charge in [-0.2, -0.15) is 5.26 Å². The van der Waals surface area contributed by atoms with Gasteiger partial charge in [0.25, 0.3) is 0 Å². The normalized spacial score (nSPS) is 15.8. The minimum Gasteiger partial charge on any atom is -0.493 e. The Balaban J connectivity index is 2.16. The van der Waals surface area contributed by atoms with Crippen LogP contribution in [0.1, 0.15) is 28.7 Å². The Morgan fingerprint density at radius 3 is 2.59 bits per heavy atom. The fourth-order valence-corrected chi connectivity index (χ4v) is 2.88. The van der Waals surface area contributed by atoms with Crippen LogP contribution in [0.5, 0.6) is 11.5 Å². The molecule has 3 nitrogen and oxygen atoms in total. The second-order valence-corrected chi connectivity index (χ2v) is 4.57. The average Bonchev–Trinajstić information content (AvgIpc) is 2.97. The van der Waals surface area contributed by atoms with Crippen molar-refractivity contribution in [2.75, 3.05) is 13.2 Å². The lowest BCUT2D eigenvalue weighted by molar-refractivity contribution is 0.353. The van der Waals surface area contributed by atoms with E-state index in [0.717, 1.165) is 44.0 Å². The standard InChI is InChI=1S/C14H15NO2/c1-9-10-4-7-17-14(10)11(3-2-6-15)12-5-8-16-13(9)12/h2-5,7-8H2,1H3. The third-order valence-electron chi connectivity index (χ3n) is 3.66. The smallest absolute Gasteiger partial charge is 0.126 e. The molecule has 0 fully saturated rings. The minimum absolute atomic E-state index is 0.547. The first-order valence-electron chi connectivity index (χ1n) is 6.12. The fourth-order valence-electron chi connectivity index (χ4n) is 2.88. The maximum absolute atomic E-state index is 8.76. The summed E-state index contributed by atoms with van der Waals surface area (Å²) < 4.78 is 11.5. The molecular weight excluding hydrogens is 214 g/mol. The quantitative estimate of drug-likeness (QED) is 0.781. The van der Waals surface area contributed by atoms with Crippen LogP contribution < -0.4 is 9.47 Å². The van der Waals surface area contributed by atoms with Gasteiger partial charge in [0.15, 0.2) is 0 Å². The molecule has 1 aromatic rings. The zero-order chi connectivity index (χ0) is 11.8. The highest BCUT2D eigenvalue weighted by molar-refractivity contribution is 5.61. The van der Waals surface area contributed by atoms with Crippen molar-refractivity contribution in [1.29, 1.82) is 5.26 Å². The molecule has 3 heteroatoms. The topological polar surface area (TPSA) is 42.2 Å². The molecule has 2 aliphatic heterocycles. The van der Waals surface area contributed by atoms with Crippen molar-refractivity contribution in [3.8, 4) is 17.6 Å². The highest BCUT2D eigenvalue weighted by Gasteiger charge is 2.28. The molecule has 17 heavy (non-hydrogen) atoms. The molecule has 0 unspecified atom stereocenters. The van der Waals surface area contributed by atoms with E-state index in [1.165, 1.54) is 22.3 Å². The van der Waals surface area contributed by atoms with Crippen LogP contribution in [-0.2, 0) is 19.3 Å². The Morgan fingerprint density at radius 1 is 1.12 bits per heavy atom. The summed E-state index contributed by atoms with van der Waals surface area (Å²) in [5, 5.41) is 8.76. The summed E-state index contributed by atoms with van der Waals surface area (Å²) >= 11 is 0. The highest BCUT2D eigenvalue weighted by Crippen LogP contribution is 2.44. The summed E-state index contributed by atoms with van der Waals surface area (Å²) in [6.45, 7) is 3.64. The Morgan fingerprint density at radius 2 is 1.82 bits per heavy atom. The van der Waals surface area contributed by atoms with E-state index >= 15 is 0 Å². The van der Waals surface area contributed by atoms with E-state index in [0.29, 0.717) is 6.42 Å². The highest BCUT2D eigenvalue weighted by atomic mass is 16.5. The van der Waals surface area contributed by atoms with Crippen LogP contribution in [-0.4, -0.2) is 13.2 Å². The fraction of sp³-hybridized carbons (Fsp3) is 0.500. The SMILES string of the molecule is Cc1c2c(c(CCC#N)c3c1OCC3)OCC2. The molecule has 0 amide bonds. The van der Waals surface area contributed by atoms with Gasteiger partial charge >= 0.3 is 0 Å². The molecule has 0 bridgehead atoms. The van der Waals surface area contributed by atoms with Crippen LogP contribution in [0.15, 0.2) is 0 Å². The summed E-state index contributed by atoms with van der Waals surface area (Å²) in [6, 6.07) is 2.22. The minimum atomic E-state index is 0.547. The van der Waals surface area contributed by atoms with Gasteiger partial charge in [0.1, 0.15) is 11.5 Å². The average molecular weight is 229 g/mol. The molecule has 0 spiro atoms. The van der Waals surface area contributed by atoms with Crippen LogP contribution in [0.25, 0.3) is 0 Å². The van der Waals surface area contributed by atoms with E-state index in [2.05, 4.69) is 13.0 Å². The number of benzene rings is 1. The predicted octanol–water partition coefficient (Wildman–Crippen LogP) is 2.32. The number of ether oxygens (including phenoxy) is 2.